The molecule has 0 unspecified atom stereocenters. The normalized spacial score (nSPS) is 15.7. The minimum Gasteiger partial charge on any atom is -0.323 e. The topological polar surface area (TPSA) is 53.3 Å². The number of aromatic nitrogens is 1. The summed E-state index contributed by atoms with van der Waals surface area (Å²) in [6.45, 7) is 8.10. The standard InChI is InChI=1S/C25H25N3O2/c1-16-9-7-10-17(2)22(16)26-25(30)24-20-13-5-6-14-27(20)15-21(29)28(24)23-18(3)11-8-12-19(23)4/h5-14,24H,15H2,1-4H3/p+1/t24-/m0/s1. The van der Waals surface area contributed by atoms with Gasteiger partial charge in [-0.2, -0.15) is 4.57 Å². The molecule has 0 aliphatic carbocycles. The lowest BCUT2D eigenvalue weighted by atomic mass is 10.00. The third-order valence-electron chi connectivity index (χ3n) is 5.75. The molecular weight excluding hydrogens is 374 g/mol. The molecule has 2 amide bonds. The molecule has 0 radical (unpaired) electrons. The van der Waals surface area contributed by atoms with Crippen molar-refractivity contribution in [1.82, 2.24) is 0 Å². The Hall–Kier alpha value is -3.47. The Bertz CT molecular complexity index is 1110. The number of hydrogen-bond acceptors (Lipinski definition) is 2. The number of rotatable bonds is 3. The molecule has 1 N–H and O–H groups in total. The van der Waals surface area contributed by atoms with Crippen molar-refractivity contribution in [3.05, 3.63) is 88.7 Å². The molecule has 1 atom stereocenters. The molecule has 0 bridgehead atoms. The summed E-state index contributed by atoms with van der Waals surface area (Å²) in [6, 6.07) is 16.8. The van der Waals surface area contributed by atoms with Gasteiger partial charge in [0.15, 0.2) is 6.20 Å². The molecule has 0 fully saturated rings. The predicted molar refractivity (Wildman–Crippen MR) is 117 cm³/mol. The second kappa shape index (κ2) is 7.75. The van der Waals surface area contributed by atoms with Gasteiger partial charge in [-0.1, -0.05) is 42.5 Å². The van der Waals surface area contributed by atoms with E-state index in [2.05, 4.69) is 5.32 Å². The lowest BCUT2D eigenvalue weighted by molar-refractivity contribution is -0.695. The van der Waals surface area contributed by atoms with E-state index in [1.807, 2.05) is 93.1 Å². The number of fused-ring (bicyclic) bond motifs is 1. The summed E-state index contributed by atoms with van der Waals surface area (Å²) in [4.78, 5) is 28.6. The smallest absolute Gasteiger partial charge is 0.294 e. The molecule has 5 nitrogen and oxygen atoms in total. The molecule has 4 rings (SSSR count). The first kappa shape index (κ1) is 19.8. The van der Waals surface area contributed by atoms with E-state index in [1.165, 1.54) is 0 Å². The van der Waals surface area contributed by atoms with Gasteiger partial charge in [0.05, 0.1) is 5.69 Å². The van der Waals surface area contributed by atoms with Crippen molar-refractivity contribution in [2.45, 2.75) is 40.3 Å². The summed E-state index contributed by atoms with van der Waals surface area (Å²) in [6.07, 6.45) is 1.86. The fourth-order valence-electron chi connectivity index (χ4n) is 4.27. The molecule has 5 heteroatoms. The highest BCUT2D eigenvalue weighted by molar-refractivity contribution is 6.06. The number of amides is 2. The Labute approximate surface area is 177 Å². The van der Waals surface area contributed by atoms with E-state index in [-0.39, 0.29) is 18.4 Å². The highest BCUT2D eigenvalue weighted by atomic mass is 16.2. The van der Waals surface area contributed by atoms with Gasteiger partial charge < -0.3 is 5.32 Å². The van der Waals surface area contributed by atoms with Gasteiger partial charge in [-0.05, 0) is 49.9 Å². The molecule has 0 spiro atoms. The number of para-hydroxylation sites is 2. The zero-order valence-corrected chi connectivity index (χ0v) is 17.8. The molecule has 1 aliphatic heterocycles. The molecule has 2 aromatic carbocycles. The molecular formula is C25H26N3O2+. The third kappa shape index (κ3) is 3.36. The number of benzene rings is 2. The monoisotopic (exact) mass is 400 g/mol. The second-order valence-corrected chi connectivity index (χ2v) is 7.92. The number of nitrogens with one attached hydrogen (secondary N) is 1. The van der Waals surface area contributed by atoms with E-state index in [0.717, 1.165) is 39.3 Å². The van der Waals surface area contributed by atoms with Crippen LogP contribution < -0.4 is 14.8 Å². The Morgan fingerprint density at radius 2 is 1.50 bits per heavy atom. The number of aryl methyl sites for hydroxylation is 4. The maximum absolute atomic E-state index is 13.7. The van der Waals surface area contributed by atoms with Gasteiger partial charge in [0, 0.05) is 17.8 Å². The Kier molecular flexibility index (Phi) is 5.12. The van der Waals surface area contributed by atoms with Crippen LogP contribution >= 0.6 is 0 Å². The zero-order valence-electron chi connectivity index (χ0n) is 17.8. The average Bonchev–Trinajstić information content (AvgIpc) is 2.70. The molecule has 1 aromatic heterocycles. The van der Waals surface area contributed by atoms with E-state index in [4.69, 9.17) is 0 Å². The van der Waals surface area contributed by atoms with Crippen LogP contribution in [-0.4, -0.2) is 11.8 Å². The number of nitrogens with zero attached hydrogens (tertiary/aromatic N) is 2. The van der Waals surface area contributed by atoms with Crippen LogP contribution in [-0.2, 0) is 16.1 Å². The number of carbonyl (C=O) groups excluding carboxylic acids is 2. The minimum absolute atomic E-state index is 0.0993. The van der Waals surface area contributed by atoms with Crippen molar-refractivity contribution >= 4 is 23.2 Å². The van der Waals surface area contributed by atoms with E-state index in [9.17, 15) is 9.59 Å². The quantitative estimate of drug-likeness (QED) is 0.677. The van der Waals surface area contributed by atoms with Gasteiger partial charge in [0.1, 0.15) is 0 Å². The van der Waals surface area contributed by atoms with Crippen LogP contribution in [0, 0.1) is 27.7 Å². The van der Waals surface area contributed by atoms with Crippen molar-refractivity contribution < 1.29 is 14.2 Å². The zero-order chi connectivity index (χ0) is 21.4. The summed E-state index contributed by atoms with van der Waals surface area (Å²) in [5, 5.41) is 3.10. The molecule has 0 saturated heterocycles. The van der Waals surface area contributed by atoms with Crippen LogP contribution in [0.1, 0.15) is 34.0 Å². The molecule has 30 heavy (non-hydrogen) atoms. The summed E-state index contributed by atoms with van der Waals surface area (Å²) < 4.78 is 1.86. The summed E-state index contributed by atoms with van der Waals surface area (Å²) >= 11 is 0. The highest BCUT2D eigenvalue weighted by Crippen LogP contribution is 2.35. The maximum Gasteiger partial charge on any atom is 0.294 e. The van der Waals surface area contributed by atoms with E-state index in [1.54, 1.807) is 4.90 Å². The number of pyridine rings is 1. The van der Waals surface area contributed by atoms with E-state index in [0.29, 0.717) is 0 Å². The number of hydrogen-bond donors (Lipinski definition) is 1. The van der Waals surface area contributed by atoms with Crippen LogP contribution in [0.15, 0.2) is 60.8 Å². The summed E-state index contributed by atoms with van der Waals surface area (Å²) in [5.41, 5.74) is 6.32. The average molecular weight is 401 g/mol. The fraction of sp³-hybridized carbons (Fsp3) is 0.240. The van der Waals surface area contributed by atoms with Crippen molar-refractivity contribution in [1.29, 1.82) is 0 Å². The minimum atomic E-state index is -0.758. The number of anilines is 2. The first-order valence-electron chi connectivity index (χ1n) is 10.1. The van der Waals surface area contributed by atoms with Gasteiger partial charge in [-0.25, -0.2) is 0 Å². The van der Waals surface area contributed by atoms with Crippen LogP contribution in [0.5, 0.6) is 0 Å². The van der Waals surface area contributed by atoms with Crippen molar-refractivity contribution in [2.24, 2.45) is 0 Å². The van der Waals surface area contributed by atoms with Gasteiger partial charge >= 0.3 is 0 Å². The second-order valence-electron chi connectivity index (χ2n) is 7.92. The van der Waals surface area contributed by atoms with Crippen LogP contribution in [0.3, 0.4) is 0 Å². The lowest BCUT2D eigenvalue weighted by Gasteiger charge is -2.34. The Morgan fingerprint density at radius 3 is 2.13 bits per heavy atom. The third-order valence-corrected chi connectivity index (χ3v) is 5.75. The van der Waals surface area contributed by atoms with Gasteiger partial charge in [0.2, 0.25) is 18.3 Å². The number of carbonyl (C=O) groups is 2. The van der Waals surface area contributed by atoms with Crippen molar-refractivity contribution in [3.8, 4) is 0 Å². The van der Waals surface area contributed by atoms with Gasteiger partial charge in [-0.15, -0.1) is 0 Å². The molecule has 1 aliphatic rings. The van der Waals surface area contributed by atoms with Gasteiger partial charge in [-0.3, -0.25) is 14.5 Å². The van der Waals surface area contributed by atoms with Crippen LogP contribution in [0.4, 0.5) is 11.4 Å². The molecule has 3 aromatic rings. The van der Waals surface area contributed by atoms with Crippen LogP contribution in [0.2, 0.25) is 0 Å². The lowest BCUT2D eigenvalue weighted by Crippen LogP contribution is -2.58. The maximum atomic E-state index is 13.7. The summed E-state index contributed by atoms with van der Waals surface area (Å²) in [7, 11) is 0. The molecule has 0 saturated carbocycles. The highest BCUT2D eigenvalue weighted by Gasteiger charge is 2.44. The SMILES string of the molecule is Cc1cccc(C)c1NC(=O)[C@@H]1c2cccc[n+]2CC(=O)N1c1c(C)cccc1C. The largest absolute Gasteiger partial charge is 0.323 e. The Morgan fingerprint density at radius 1 is 0.900 bits per heavy atom. The predicted octanol–water partition coefficient (Wildman–Crippen LogP) is 3.93. The molecule has 152 valence electrons. The van der Waals surface area contributed by atoms with Crippen molar-refractivity contribution in [3.63, 3.8) is 0 Å². The van der Waals surface area contributed by atoms with E-state index >= 15 is 0 Å². The molecule has 2 heterocycles. The Balaban J connectivity index is 1.85. The first-order chi connectivity index (χ1) is 14.4. The first-order valence-corrected chi connectivity index (χ1v) is 10.1. The van der Waals surface area contributed by atoms with E-state index < -0.39 is 6.04 Å². The fourth-order valence-corrected chi connectivity index (χ4v) is 4.27. The summed E-state index contributed by atoms with van der Waals surface area (Å²) in [5.74, 6) is -0.319. The van der Waals surface area contributed by atoms with Crippen molar-refractivity contribution in [2.75, 3.05) is 10.2 Å². The van der Waals surface area contributed by atoms with Crippen LogP contribution in [0.25, 0.3) is 0 Å². The van der Waals surface area contributed by atoms with Gasteiger partial charge in [0.25, 0.3) is 11.8 Å².